The molecule has 1 aromatic heterocycles. The van der Waals surface area contributed by atoms with Crippen molar-refractivity contribution in [2.24, 2.45) is 12.8 Å². The van der Waals surface area contributed by atoms with Gasteiger partial charge in [0, 0.05) is 44.5 Å². The Balaban J connectivity index is 2.06. The Morgan fingerprint density at radius 3 is 2.53 bits per heavy atom. The van der Waals surface area contributed by atoms with E-state index >= 15 is 0 Å². The van der Waals surface area contributed by atoms with Crippen molar-refractivity contribution in [3.05, 3.63) is 53.3 Å². The molecule has 0 radical (unpaired) electrons. The highest BCUT2D eigenvalue weighted by Crippen LogP contribution is 2.12. The summed E-state index contributed by atoms with van der Waals surface area (Å²) in [6.45, 7) is 5.49. The van der Waals surface area contributed by atoms with Crippen LogP contribution in [0.15, 0.2) is 36.5 Å². The lowest BCUT2D eigenvalue weighted by atomic mass is 10.2. The van der Waals surface area contributed by atoms with Crippen LogP contribution in [-0.4, -0.2) is 27.8 Å². The van der Waals surface area contributed by atoms with Gasteiger partial charge >= 0.3 is 0 Å². The molecule has 102 valence electrons. The van der Waals surface area contributed by atoms with Crippen molar-refractivity contribution in [2.45, 2.75) is 20.0 Å². The van der Waals surface area contributed by atoms with Crippen LogP contribution in [0.1, 0.15) is 16.8 Å². The molecule has 2 rings (SSSR count). The number of benzene rings is 1. The lowest BCUT2D eigenvalue weighted by Gasteiger charge is -2.21. The third kappa shape index (κ3) is 3.66. The van der Waals surface area contributed by atoms with Crippen molar-refractivity contribution in [1.82, 2.24) is 14.7 Å². The van der Waals surface area contributed by atoms with Crippen molar-refractivity contribution < 1.29 is 0 Å². The third-order valence-electron chi connectivity index (χ3n) is 3.43. The van der Waals surface area contributed by atoms with E-state index in [1.807, 2.05) is 24.0 Å². The van der Waals surface area contributed by atoms with Gasteiger partial charge in [-0.1, -0.05) is 30.3 Å². The molecule has 0 spiro atoms. The van der Waals surface area contributed by atoms with E-state index in [0.717, 1.165) is 19.6 Å². The molecular weight excluding hydrogens is 236 g/mol. The monoisotopic (exact) mass is 258 g/mol. The van der Waals surface area contributed by atoms with Gasteiger partial charge in [-0.15, -0.1) is 0 Å². The van der Waals surface area contributed by atoms with Crippen LogP contribution in [0.25, 0.3) is 0 Å². The Kier molecular flexibility index (Phi) is 4.71. The molecule has 1 heterocycles. The molecule has 0 saturated heterocycles. The third-order valence-corrected chi connectivity index (χ3v) is 3.43. The highest BCUT2D eigenvalue weighted by molar-refractivity contribution is 5.17. The van der Waals surface area contributed by atoms with Gasteiger partial charge in [0.1, 0.15) is 0 Å². The minimum absolute atomic E-state index is 0.673. The average molecular weight is 258 g/mol. The summed E-state index contributed by atoms with van der Waals surface area (Å²) < 4.78 is 1.92. The summed E-state index contributed by atoms with van der Waals surface area (Å²) >= 11 is 0. The summed E-state index contributed by atoms with van der Waals surface area (Å²) in [6, 6.07) is 10.5. The Morgan fingerprint density at radius 2 is 1.95 bits per heavy atom. The van der Waals surface area contributed by atoms with Gasteiger partial charge in [0.2, 0.25) is 0 Å². The Labute approximate surface area is 114 Å². The summed E-state index contributed by atoms with van der Waals surface area (Å²) in [6.07, 6.45) is 1.95. The molecule has 0 aliphatic rings. The van der Waals surface area contributed by atoms with Crippen LogP contribution in [0.5, 0.6) is 0 Å². The molecule has 2 aromatic rings. The summed E-state index contributed by atoms with van der Waals surface area (Å²) in [4.78, 5) is 2.36. The van der Waals surface area contributed by atoms with Crippen LogP contribution >= 0.6 is 0 Å². The number of aryl methyl sites for hydroxylation is 1. The zero-order valence-corrected chi connectivity index (χ0v) is 11.7. The van der Waals surface area contributed by atoms with Gasteiger partial charge in [-0.3, -0.25) is 9.58 Å². The smallest absolute Gasteiger partial charge is 0.0537 e. The Morgan fingerprint density at radius 1 is 1.21 bits per heavy atom. The van der Waals surface area contributed by atoms with Crippen LogP contribution in [0, 0.1) is 6.92 Å². The molecule has 1 aromatic carbocycles. The van der Waals surface area contributed by atoms with Crippen LogP contribution in [0.2, 0.25) is 0 Å². The lowest BCUT2D eigenvalue weighted by molar-refractivity contribution is 0.264. The first-order valence-electron chi connectivity index (χ1n) is 6.64. The summed E-state index contributed by atoms with van der Waals surface area (Å²) in [5, 5.41) is 4.30. The van der Waals surface area contributed by atoms with E-state index < -0.39 is 0 Å². The number of hydrogen-bond donors (Lipinski definition) is 1. The second kappa shape index (κ2) is 6.50. The molecule has 0 atom stereocenters. The van der Waals surface area contributed by atoms with Gasteiger partial charge in [0.25, 0.3) is 0 Å². The van der Waals surface area contributed by atoms with E-state index in [0.29, 0.717) is 6.54 Å². The van der Waals surface area contributed by atoms with E-state index in [4.69, 9.17) is 5.73 Å². The van der Waals surface area contributed by atoms with Crippen LogP contribution < -0.4 is 5.73 Å². The molecule has 2 N–H and O–H groups in total. The second-order valence-electron chi connectivity index (χ2n) is 4.86. The Bertz CT molecular complexity index is 504. The summed E-state index contributed by atoms with van der Waals surface area (Å²) in [7, 11) is 1.98. The molecule has 0 aliphatic carbocycles. The first-order valence-corrected chi connectivity index (χ1v) is 6.64. The molecule has 0 unspecified atom stereocenters. The van der Waals surface area contributed by atoms with Crippen molar-refractivity contribution in [1.29, 1.82) is 0 Å². The minimum atomic E-state index is 0.673. The molecule has 0 aliphatic heterocycles. The topological polar surface area (TPSA) is 47.1 Å². The predicted octanol–water partition coefficient (Wildman–Crippen LogP) is 1.69. The average Bonchev–Trinajstić information content (AvgIpc) is 2.72. The first-order chi connectivity index (χ1) is 9.20. The predicted molar refractivity (Wildman–Crippen MR) is 77.6 cm³/mol. The van der Waals surface area contributed by atoms with Crippen molar-refractivity contribution in [3.8, 4) is 0 Å². The molecule has 4 nitrogen and oxygen atoms in total. The fourth-order valence-electron chi connectivity index (χ4n) is 2.18. The van der Waals surface area contributed by atoms with E-state index in [-0.39, 0.29) is 0 Å². The largest absolute Gasteiger partial charge is 0.329 e. The van der Waals surface area contributed by atoms with Crippen LogP contribution in [0.4, 0.5) is 0 Å². The number of aromatic nitrogens is 2. The minimum Gasteiger partial charge on any atom is -0.329 e. The Hall–Kier alpha value is -1.65. The standard InChI is InChI=1S/C15H22N4/c1-13-15(10-17-18(13)2)12-19(9-8-16)11-14-6-4-3-5-7-14/h3-7,10H,8-9,11-12,16H2,1-2H3. The normalized spacial score (nSPS) is 11.2. The number of rotatable bonds is 6. The van der Waals surface area contributed by atoms with Crippen molar-refractivity contribution >= 4 is 0 Å². The molecule has 19 heavy (non-hydrogen) atoms. The van der Waals surface area contributed by atoms with Gasteiger partial charge < -0.3 is 5.73 Å². The molecule has 0 amide bonds. The zero-order valence-electron chi connectivity index (χ0n) is 11.7. The second-order valence-corrected chi connectivity index (χ2v) is 4.86. The fourth-order valence-corrected chi connectivity index (χ4v) is 2.18. The van der Waals surface area contributed by atoms with Crippen molar-refractivity contribution in [2.75, 3.05) is 13.1 Å². The maximum absolute atomic E-state index is 5.72. The number of hydrogen-bond acceptors (Lipinski definition) is 3. The molecule has 4 heteroatoms. The number of nitrogens with two attached hydrogens (primary N) is 1. The van der Waals surface area contributed by atoms with E-state index in [1.54, 1.807) is 0 Å². The zero-order chi connectivity index (χ0) is 13.7. The van der Waals surface area contributed by atoms with Gasteiger partial charge in [-0.2, -0.15) is 5.10 Å². The number of nitrogens with zero attached hydrogens (tertiary/aromatic N) is 3. The molecular formula is C15H22N4. The van der Waals surface area contributed by atoms with E-state index in [1.165, 1.54) is 16.8 Å². The van der Waals surface area contributed by atoms with E-state index in [2.05, 4.69) is 41.2 Å². The summed E-state index contributed by atoms with van der Waals surface area (Å²) in [5.41, 5.74) is 9.52. The van der Waals surface area contributed by atoms with Crippen LogP contribution in [0.3, 0.4) is 0 Å². The van der Waals surface area contributed by atoms with Gasteiger partial charge in [0.05, 0.1) is 6.20 Å². The first kappa shape index (κ1) is 13.8. The lowest BCUT2D eigenvalue weighted by Crippen LogP contribution is -2.28. The van der Waals surface area contributed by atoms with Crippen molar-refractivity contribution in [3.63, 3.8) is 0 Å². The summed E-state index contributed by atoms with van der Waals surface area (Å²) in [5.74, 6) is 0. The van der Waals surface area contributed by atoms with Crippen LogP contribution in [-0.2, 0) is 20.1 Å². The SMILES string of the molecule is Cc1c(CN(CCN)Cc2ccccc2)cnn1C. The fraction of sp³-hybridized carbons (Fsp3) is 0.400. The molecule has 0 saturated carbocycles. The van der Waals surface area contributed by atoms with Gasteiger partial charge in [-0.05, 0) is 12.5 Å². The molecule has 0 fully saturated rings. The van der Waals surface area contributed by atoms with Gasteiger partial charge in [-0.25, -0.2) is 0 Å². The van der Waals surface area contributed by atoms with Gasteiger partial charge in [0.15, 0.2) is 0 Å². The maximum atomic E-state index is 5.72. The quantitative estimate of drug-likeness (QED) is 0.857. The highest BCUT2D eigenvalue weighted by Gasteiger charge is 2.10. The molecule has 0 bridgehead atoms. The highest BCUT2D eigenvalue weighted by atomic mass is 15.3. The van der Waals surface area contributed by atoms with E-state index in [9.17, 15) is 0 Å². The maximum Gasteiger partial charge on any atom is 0.0537 e.